The van der Waals surface area contributed by atoms with Gasteiger partial charge >= 0.3 is 0 Å². The third-order valence-electron chi connectivity index (χ3n) is 2.46. The molecule has 1 aromatic rings. The van der Waals surface area contributed by atoms with Gasteiger partial charge in [-0.15, -0.1) is 6.42 Å². The number of aryl methyl sites for hydroxylation is 1. The van der Waals surface area contributed by atoms with Crippen LogP contribution in [0, 0.1) is 25.2 Å². The van der Waals surface area contributed by atoms with E-state index < -0.39 is 16.1 Å². The van der Waals surface area contributed by atoms with Crippen LogP contribution in [-0.4, -0.2) is 14.5 Å². The molecule has 1 aromatic carbocycles. The van der Waals surface area contributed by atoms with E-state index in [2.05, 4.69) is 10.6 Å². The zero-order valence-electron chi connectivity index (χ0n) is 10.3. The largest absolute Gasteiger partial charge is 0.241 e. The van der Waals surface area contributed by atoms with Crippen molar-refractivity contribution in [3.63, 3.8) is 0 Å². The van der Waals surface area contributed by atoms with E-state index in [0.29, 0.717) is 0 Å². The van der Waals surface area contributed by atoms with Gasteiger partial charge in [0.25, 0.3) is 0 Å². The molecule has 0 aliphatic rings. The summed E-state index contributed by atoms with van der Waals surface area (Å²) in [6, 6.07) is 6.18. The summed E-state index contributed by atoms with van der Waals surface area (Å²) in [4.78, 5) is 0.240. The molecule has 0 radical (unpaired) electrons. The summed E-state index contributed by atoms with van der Waals surface area (Å²) in [5, 5.41) is 0. The summed E-state index contributed by atoms with van der Waals surface area (Å²) in [5.41, 5.74) is 1.02. The quantitative estimate of drug-likeness (QED) is 0.831. The summed E-state index contributed by atoms with van der Waals surface area (Å²) < 4.78 is 26.5. The Morgan fingerprint density at radius 3 is 2.18 bits per heavy atom. The van der Waals surface area contributed by atoms with Crippen molar-refractivity contribution in [1.82, 2.24) is 4.72 Å². The Hall–Kier alpha value is -1.31. The third kappa shape index (κ3) is 3.58. The number of nitrogens with one attached hydrogen (secondary N) is 1. The van der Waals surface area contributed by atoms with Gasteiger partial charge in [-0.05, 0) is 25.0 Å². The van der Waals surface area contributed by atoms with Crippen molar-refractivity contribution >= 4 is 10.0 Å². The minimum absolute atomic E-state index is 0.0558. The molecule has 0 amide bonds. The standard InChI is InChI=1S/C13H17NO2S/c1-5-13(10(2)3)14-17(15,16)12-8-6-11(4)7-9-12/h1,6-10,13-14H,2-4H3. The number of sulfonamides is 1. The van der Waals surface area contributed by atoms with Crippen molar-refractivity contribution in [3.05, 3.63) is 29.8 Å². The van der Waals surface area contributed by atoms with Gasteiger partial charge in [0.1, 0.15) is 0 Å². The van der Waals surface area contributed by atoms with Gasteiger partial charge in [-0.25, -0.2) is 8.42 Å². The molecule has 1 N–H and O–H groups in total. The maximum absolute atomic E-state index is 12.0. The molecule has 1 unspecified atom stereocenters. The summed E-state index contributed by atoms with van der Waals surface area (Å²) in [7, 11) is -3.53. The molecule has 0 spiro atoms. The predicted octanol–water partition coefficient (Wildman–Crippen LogP) is 1.93. The predicted molar refractivity (Wildman–Crippen MR) is 69.0 cm³/mol. The molecule has 0 aromatic heterocycles. The van der Waals surface area contributed by atoms with Gasteiger partial charge in [-0.3, -0.25) is 0 Å². The van der Waals surface area contributed by atoms with E-state index in [1.54, 1.807) is 24.3 Å². The van der Waals surface area contributed by atoms with Crippen molar-refractivity contribution in [2.45, 2.75) is 31.7 Å². The van der Waals surface area contributed by atoms with Crippen LogP contribution in [0.15, 0.2) is 29.2 Å². The first-order chi connectivity index (χ1) is 7.86. The van der Waals surface area contributed by atoms with Crippen LogP contribution in [0.25, 0.3) is 0 Å². The van der Waals surface area contributed by atoms with Crippen LogP contribution in [0.5, 0.6) is 0 Å². The van der Waals surface area contributed by atoms with E-state index in [0.717, 1.165) is 5.56 Å². The Labute approximate surface area is 103 Å². The first-order valence-electron chi connectivity index (χ1n) is 5.42. The molecule has 3 nitrogen and oxygen atoms in total. The maximum Gasteiger partial charge on any atom is 0.241 e. The fourth-order valence-corrected chi connectivity index (χ4v) is 2.62. The molecule has 0 heterocycles. The third-order valence-corrected chi connectivity index (χ3v) is 3.92. The van der Waals surface area contributed by atoms with Crippen LogP contribution in [-0.2, 0) is 10.0 Å². The van der Waals surface area contributed by atoms with E-state index in [1.807, 2.05) is 20.8 Å². The summed E-state index contributed by atoms with van der Waals surface area (Å²) in [5.74, 6) is 2.50. The molecule has 0 fully saturated rings. The van der Waals surface area contributed by atoms with Crippen molar-refractivity contribution in [3.8, 4) is 12.3 Å². The molecule has 4 heteroatoms. The molecule has 0 aliphatic carbocycles. The number of rotatable bonds is 4. The molecule has 17 heavy (non-hydrogen) atoms. The van der Waals surface area contributed by atoms with E-state index in [1.165, 1.54) is 0 Å². The highest BCUT2D eigenvalue weighted by Gasteiger charge is 2.20. The summed E-state index contributed by atoms with van der Waals surface area (Å²) in [6.45, 7) is 5.66. The second kappa shape index (κ2) is 5.35. The molecule has 0 saturated carbocycles. The Morgan fingerprint density at radius 2 is 1.76 bits per heavy atom. The molecule has 0 saturated heterocycles. The van der Waals surface area contributed by atoms with Crippen molar-refractivity contribution in [1.29, 1.82) is 0 Å². The van der Waals surface area contributed by atoms with Gasteiger partial charge in [0.15, 0.2) is 0 Å². The molecule has 1 atom stereocenters. The van der Waals surface area contributed by atoms with Crippen molar-refractivity contribution in [2.75, 3.05) is 0 Å². The Morgan fingerprint density at radius 1 is 1.24 bits per heavy atom. The number of hydrogen-bond acceptors (Lipinski definition) is 2. The lowest BCUT2D eigenvalue weighted by Crippen LogP contribution is -2.37. The maximum atomic E-state index is 12.0. The molecule has 1 rings (SSSR count). The second-order valence-electron chi connectivity index (χ2n) is 4.32. The minimum Gasteiger partial charge on any atom is -0.207 e. The van der Waals surface area contributed by atoms with Gasteiger partial charge in [0.2, 0.25) is 10.0 Å². The lowest BCUT2D eigenvalue weighted by atomic mass is 10.1. The van der Waals surface area contributed by atoms with Gasteiger partial charge < -0.3 is 0 Å². The average molecular weight is 251 g/mol. The van der Waals surface area contributed by atoms with E-state index >= 15 is 0 Å². The Kier molecular flexibility index (Phi) is 4.33. The summed E-state index contributed by atoms with van der Waals surface area (Å²) >= 11 is 0. The molecule has 0 bridgehead atoms. The Bertz CT molecular complexity index is 509. The van der Waals surface area contributed by atoms with E-state index in [4.69, 9.17) is 6.42 Å². The van der Waals surface area contributed by atoms with Crippen LogP contribution >= 0.6 is 0 Å². The highest BCUT2D eigenvalue weighted by molar-refractivity contribution is 7.89. The van der Waals surface area contributed by atoms with Crippen LogP contribution < -0.4 is 4.72 Å². The van der Waals surface area contributed by atoms with Gasteiger partial charge in [0.05, 0.1) is 10.9 Å². The topological polar surface area (TPSA) is 46.2 Å². The van der Waals surface area contributed by atoms with E-state index in [9.17, 15) is 8.42 Å². The lowest BCUT2D eigenvalue weighted by molar-refractivity contribution is 0.518. The zero-order chi connectivity index (χ0) is 13.1. The smallest absolute Gasteiger partial charge is 0.207 e. The number of terminal acetylenes is 1. The molecule has 0 aliphatic heterocycles. The van der Waals surface area contributed by atoms with Crippen molar-refractivity contribution in [2.24, 2.45) is 5.92 Å². The van der Waals surface area contributed by atoms with Gasteiger partial charge in [-0.1, -0.05) is 37.5 Å². The first kappa shape index (κ1) is 13.8. The average Bonchev–Trinajstić information content (AvgIpc) is 2.26. The van der Waals surface area contributed by atoms with Crippen molar-refractivity contribution < 1.29 is 8.42 Å². The van der Waals surface area contributed by atoms with Gasteiger partial charge in [0, 0.05) is 0 Å². The number of hydrogen-bond donors (Lipinski definition) is 1. The first-order valence-corrected chi connectivity index (χ1v) is 6.90. The summed E-state index contributed by atoms with van der Waals surface area (Å²) in [6.07, 6.45) is 5.31. The second-order valence-corrected chi connectivity index (χ2v) is 6.04. The molecular formula is C13H17NO2S. The van der Waals surface area contributed by atoms with Crippen LogP contribution in [0.4, 0.5) is 0 Å². The monoisotopic (exact) mass is 251 g/mol. The van der Waals surface area contributed by atoms with E-state index in [-0.39, 0.29) is 10.8 Å². The SMILES string of the molecule is C#CC(NS(=O)(=O)c1ccc(C)cc1)C(C)C. The fourth-order valence-electron chi connectivity index (χ4n) is 1.32. The minimum atomic E-state index is -3.53. The fraction of sp³-hybridized carbons (Fsp3) is 0.385. The molecule has 92 valence electrons. The number of benzene rings is 1. The highest BCUT2D eigenvalue weighted by Crippen LogP contribution is 2.12. The molecular weight excluding hydrogens is 234 g/mol. The highest BCUT2D eigenvalue weighted by atomic mass is 32.2. The lowest BCUT2D eigenvalue weighted by Gasteiger charge is -2.16. The zero-order valence-corrected chi connectivity index (χ0v) is 11.1. The van der Waals surface area contributed by atoms with Gasteiger partial charge in [-0.2, -0.15) is 4.72 Å². The Balaban J connectivity index is 2.97. The normalized spacial score (nSPS) is 13.4. The van der Waals surface area contributed by atoms with Crippen LogP contribution in [0.3, 0.4) is 0 Å². The van der Waals surface area contributed by atoms with Crippen LogP contribution in [0.2, 0.25) is 0 Å². The van der Waals surface area contributed by atoms with Crippen LogP contribution in [0.1, 0.15) is 19.4 Å².